The van der Waals surface area contributed by atoms with Crippen LogP contribution in [0.3, 0.4) is 0 Å². The monoisotopic (exact) mass is 286 g/mol. The lowest BCUT2D eigenvalue weighted by molar-refractivity contribution is -0.141. The first-order chi connectivity index (χ1) is 9.32. The van der Waals surface area contributed by atoms with Gasteiger partial charge in [-0.3, -0.25) is 9.59 Å². The summed E-state index contributed by atoms with van der Waals surface area (Å²) < 4.78 is 0. The van der Waals surface area contributed by atoms with Gasteiger partial charge in [0.25, 0.3) is 0 Å². The van der Waals surface area contributed by atoms with E-state index in [0.29, 0.717) is 25.8 Å². The molecule has 0 aromatic carbocycles. The van der Waals surface area contributed by atoms with Crippen LogP contribution in [-0.4, -0.2) is 41.3 Å². The average molecular weight is 286 g/mol. The van der Waals surface area contributed by atoms with Crippen molar-refractivity contribution in [2.75, 3.05) is 6.54 Å². The molecule has 0 saturated carbocycles. The van der Waals surface area contributed by atoms with Crippen molar-refractivity contribution >= 4 is 23.6 Å². The highest BCUT2D eigenvalue weighted by Gasteiger charge is 2.17. The number of amides is 2. The van der Waals surface area contributed by atoms with Crippen molar-refractivity contribution in [3.8, 4) is 0 Å². The van der Waals surface area contributed by atoms with Crippen molar-refractivity contribution in [2.45, 2.75) is 52.0 Å². The van der Waals surface area contributed by atoms with Gasteiger partial charge in [-0.05, 0) is 26.2 Å². The molecule has 7 nitrogen and oxygen atoms in total. The van der Waals surface area contributed by atoms with Crippen molar-refractivity contribution in [1.82, 2.24) is 10.6 Å². The third kappa shape index (κ3) is 10.0. The van der Waals surface area contributed by atoms with Gasteiger partial charge in [0, 0.05) is 26.3 Å². The van der Waals surface area contributed by atoms with E-state index in [9.17, 15) is 19.2 Å². The van der Waals surface area contributed by atoms with Gasteiger partial charge in [-0.1, -0.05) is 0 Å². The van der Waals surface area contributed by atoms with Gasteiger partial charge in [-0.15, -0.1) is 0 Å². The minimum absolute atomic E-state index is 0.0280. The van der Waals surface area contributed by atoms with Gasteiger partial charge in [0.05, 0.1) is 0 Å². The number of unbranched alkanes of at least 4 members (excludes halogenated alkanes) is 1. The number of ketones is 1. The molecule has 0 aliphatic heterocycles. The summed E-state index contributed by atoms with van der Waals surface area (Å²) >= 11 is 0. The van der Waals surface area contributed by atoms with Gasteiger partial charge in [0.15, 0.2) is 0 Å². The fourth-order valence-electron chi connectivity index (χ4n) is 1.58. The van der Waals surface area contributed by atoms with Gasteiger partial charge in [-0.25, -0.2) is 4.79 Å². The Hall–Kier alpha value is -1.92. The fraction of sp³-hybridized carbons (Fsp3) is 0.692. The van der Waals surface area contributed by atoms with E-state index in [0.717, 1.165) is 0 Å². The Morgan fingerprint density at radius 1 is 1.05 bits per heavy atom. The quantitative estimate of drug-likeness (QED) is 0.498. The van der Waals surface area contributed by atoms with Gasteiger partial charge in [-0.2, -0.15) is 0 Å². The van der Waals surface area contributed by atoms with Crippen LogP contribution in [0.1, 0.15) is 46.0 Å². The Kier molecular flexibility index (Phi) is 8.98. The molecule has 0 unspecified atom stereocenters. The van der Waals surface area contributed by atoms with Crippen LogP contribution in [0.5, 0.6) is 0 Å². The molecule has 0 bridgehead atoms. The highest BCUT2D eigenvalue weighted by atomic mass is 16.4. The maximum Gasteiger partial charge on any atom is 0.326 e. The lowest BCUT2D eigenvalue weighted by Gasteiger charge is -2.12. The van der Waals surface area contributed by atoms with E-state index in [2.05, 4.69) is 10.6 Å². The van der Waals surface area contributed by atoms with Crippen molar-refractivity contribution in [1.29, 1.82) is 0 Å². The van der Waals surface area contributed by atoms with E-state index < -0.39 is 12.0 Å². The van der Waals surface area contributed by atoms with Crippen LogP contribution in [0, 0.1) is 0 Å². The minimum Gasteiger partial charge on any atom is -0.480 e. The predicted molar refractivity (Wildman–Crippen MR) is 72.0 cm³/mol. The summed E-state index contributed by atoms with van der Waals surface area (Å²) in [5.74, 6) is -1.66. The number of hydrogen-bond acceptors (Lipinski definition) is 4. The Labute approximate surface area is 118 Å². The van der Waals surface area contributed by atoms with E-state index in [4.69, 9.17) is 5.11 Å². The van der Waals surface area contributed by atoms with Crippen molar-refractivity contribution in [3.05, 3.63) is 0 Å². The average Bonchev–Trinajstić information content (AvgIpc) is 2.33. The number of carbonyl (C=O) groups is 4. The molecule has 0 radical (unpaired) electrons. The van der Waals surface area contributed by atoms with Crippen LogP contribution < -0.4 is 10.6 Å². The van der Waals surface area contributed by atoms with Gasteiger partial charge in [0.1, 0.15) is 11.8 Å². The summed E-state index contributed by atoms with van der Waals surface area (Å²) in [4.78, 5) is 43.6. The zero-order chi connectivity index (χ0) is 15.5. The van der Waals surface area contributed by atoms with Gasteiger partial charge < -0.3 is 20.5 Å². The summed E-state index contributed by atoms with van der Waals surface area (Å²) in [6, 6.07) is -0.888. The molecule has 1 atom stereocenters. The van der Waals surface area contributed by atoms with Crippen LogP contribution in [-0.2, 0) is 19.2 Å². The molecule has 0 spiro atoms. The highest BCUT2D eigenvalue weighted by Crippen LogP contribution is 2.01. The topological polar surface area (TPSA) is 113 Å². The molecule has 0 heterocycles. The third-order valence-corrected chi connectivity index (χ3v) is 2.62. The smallest absolute Gasteiger partial charge is 0.326 e. The molecule has 0 aliphatic carbocycles. The number of hydrogen-bond donors (Lipinski definition) is 3. The molecular weight excluding hydrogens is 264 g/mol. The molecule has 0 rings (SSSR count). The zero-order valence-electron chi connectivity index (χ0n) is 11.9. The number of carboxylic acid groups (broad SMARTS) is 1. The Morgan fingerprint density at radius 3 is 2.20 bits per heavy atom. The Bertz CT molecular complexity index is 368. The fourth-order valence-corrected chi connectivity index (χ4v) is 1.58. The first kappa shape index (κ1) is 18.1. The maximum absolute atomic E-state index is 11.3. The second-order valence-corrected chi connectivity index (χ2v) is 4.64. The minimum atomic E-state index is -1.06. The summed E-state index contributed by atoms with van der Waals surface area (Å²) in [5.41, 5.74) is 0. The standard InChI is InChI=1S/C13H22N2O5/c1-9(16)6-7-12(18)14-8-4-3-5-11(13(19)20)15-10(2)17/h11H,3-8H2,1-2H3,(H,14,18)(H,15,17)(H,19,20)/t11-/m0/s1. The number of nitrogens with one attached hydrogen (secondary N) is 2. The number of carboxylic acids is 1. The first-order valence-corrected chi connectivity index (χ1v) is 6.59. The van der Waals surface area contributed by atoms with E-state index in [1.807, 2.05) is 0 Å². The molecule has 114 valence electrons. The third-order valence-electron chi connectivity index (χ3n) is 2.62. The normalized spacial score (nSPS) is 11.5. The second kappa shape index (κ2) is 9.94. The summed E-state index contributed by atoms with van der Waals surface area (Å²) in [5, 5.41) is 13.9. The van der Waals surface area contributed by atoms with Crippen molar-refractivity contribution in [2.24, 2.45) is 0 Å². The number of Topliss-reactive ketones (excluding diaryl/α,β-unsaturated/α-hetero) is 1. The summed E-state index contributed by atoms with van der Waals surface area (Å²) in [6.45, 7) is 3.13. The van der Waals surface area contributed by atoms with Crippen molar-refractivity contribution in [3.63, 3.8) is 0 Å². The number of carbonyl (C=O) groups excluding carboxylic acids is 3. The largest absolute Gasteiger partial charge is 0.480 e. The molecule has 3 N–H and O–H groups in total. The second-order valence-electron chi connectivity index (χ2n) is 4.64. The predicted octanol–water partition coefficient (Wildman–Crippen LogP) is 0.231. The zero-order valence-corrected chi connectivity index (χ0v) is 11.9. The van der Waals surface area contributed by atoms with Crippen LogP contribution >= 0.6 is 0 Å². The van der Waals surface area contributed by atoms with E-state index in [1.165, 1.54) is 13.8 Å². The summed E-state index contributed by atoms with van der Waals surface area (Å²) in [6.07, 6.45) is 1.92. The molecule has 0 aromatic rings. The van der Waals surface area contributed by atoms with Gasteiger partial charge >= 0.3 is 5.97 Å². The lowest BCUT2D eigenvalue weighted by Crippen LogP contribution is -2.39. The van der Waals surface area contributed by atoms with E-state index in [1.54, 1.807) is 0 Å². The molecule has 7 heteroatoms. The van der Waals surface area contributed by atoms with Crippen LogP contribution in [0.15, 0.2) is 0 Å². The van der Waals surface area contributed by atoms with Crippen molar-refractivity contribution < 1.29 is 24.3 Å². The summed E-state index contributed by atoms with van der Waals surface area (Å²) in [7, 11) is 0. The molecule has 0 aromatic heterocycles. The number of aliphatic carboxylic acids is 1. The van der Waals surface area contributed by atoms with Crippen LogP contribution in [0.25, 0.3) is 0 Å². The molecule has 0 aliphatic rings. The SMILES string of the molecule is CC(=O)CCC(=O)NCCCC[C@H](NC(C)=O)C(=O)O. The molecule has 20 heavy (non-hydrogen) atoms. The molecule has 0 saturated heterocycles. The van der Waals surface area contributed by atoms with Crippen LogP contribution in [0.4, 0.5) is 0 Å². The molecule has 2 amide bonds. The van der Waals surface area contributed by atoms with Gasteiger partial charge in [0.2, 0.25) is 11.8 Å². The molecule has 0 fully saturated rings. The highest BCUT2D eigenvalue weighted by molar-refractivity contribution is 5.83. The van der Waals surface area contributed by atoms with Crippen LogP contribution in [0.2, 0.25) is 0 Å². The van der Waals surface area contributed by atoms with E-state index >= 15 is 0 Å². The Morgan fingerprint density at radius 2 is 1.70 bits per heavy atom. The number of rotatable bonds is 10. The Balaban J connectivity index is 3.73. The van der Waals surface area contributed by atoms with E-state index in [-0.39, 0.29) is 30.4 Å². The lowest BCUT2D eigenvalue weighted by atomic mass is 10.1. The molecular formula is C13H22N2O5. The first-order valence-electron chi connectivity index (χ1n) is 6.59. The maximum atomic E-state index is 11.3.